The fourth-order valence-electron chi connectivity index (χ4n) is 3.84. The van der Waals surface area contributed by atoms with Crippen molar-refractivity contribution in [2.24, 2.45) is 7.05 Å². The first-order valence-electron chi connectivity index (χ1n) is 9.31. The van der Waals surface area contributed by atoms with Gasteiger partial charge in [-0.15, -0.1) is 0 Å². The molecule has 1 aliphatic heterocycles. The fourth-order valence-corrected chi connectivity index (χ4v) is 3.84. The molecule has 0 spiro atoms. The molecule has 2 N–H and O–H groups in total. The molecule has 9 heteroatoms. The summed E-state index contributed by atoms with van der Waals surface area (Å²) >= 11 is 0. The van der Waals surface area contributed by atoms with Gasteiger partial charge in [-0.3, -0.25) is 28.8 Å². The fraction of sp³-hybridized carbons (Fsp3) is 0.238. The lowest BCUT2D eigenvalue weighted by atomic mass is 10.0. The van der Waals surface area contributed by atoms with E-state index in [0.29, 0.717) is 22.2 Å². The highest BCUT2D eigenvalue weighted by Gasteiger charge is 2.31. The van der Waals surface area contributed by atoms with E-state index in [4.69, 9.17) is 5.11 Å². The third-order valence-electron chi connectivity index (χ3n) is 5.31. The maximum atomic E-state index is 14.6. The molecule has 154 valence electrons. The van der Waals surface area contributed by atoms with E-state index in [1.807, 2.05) is 0 Å². The number of aromatic nitrogens is 2. The molecule has 3 aromatic rings. The van der Waals surface area contributed by atoms with Gasteiger partial charge in [0.05, 0.1) is 17.5 Å². The molecule has 8 nitrogen and oxygen atoms in total. The van der Waals surface area contributed by atoms with Gasteiger partial charge in [-0.05, 0) is 35.7 Å². The largest absolute Gasteiger partial charge is 0.481 e. The van der Waals surface area contributed by atoms with Gasteiger partial charge in [-0.2, -0.15) is 0 Å². The standard InChI is InChI=1S/C21H18FN3O5/c1-24-17-10-12(13-4-2-11(8-14(13)22)9-19(27)28)3-5-15(17)25(21(24)30)16-6-7-18(26)23-20(16)29/h2-5,8,10,16H,6-7,9H2,1H3,(H,27,28)(H,23,26,29). The molecule has 1 atom stereocenters. The highest BCUT2D eigenvalue weighted by molar-refractivity contribution is 6.00. The van der Waals surface area contributed by atoms with Crippen molar-refractivity contribution in [2.45, 2.75) is 25.3 Å². The van der Waals surface area contributed by atoms with Gasteiger partial charge >= 0.3 is 11.7 Å². The van der Waals surface area contributed by atoms with Crippen LogP contribution in [0.2, 0.25) is 0 Å². The minimum Gasteiger partial charge on any atom is -0.481 e. The Morgan fingerprint density at radius 1 is 1.17 bits per heavy atom. The van der Waals surface area contributed by atoms with E-state index in [9.17, 15) is 23.6 Å². The van der Waals surface area contributed by atoms with E-state index in [2.05, 4.69) is 5.32 Å². The number of nitrogens with zero attached hydrogens (tertiary/aromatic N) is 2. The van der Waals surface area contributed by atoms with Crippen LogP contribution >= 0.6 is 0 Å². The van der Waals surface area contributed by atoms with Crippen LogP contribution in [0.15, 0.2) is 41.2 Å². The molecule has 1 fully saturated rings. The summed E-state index contributed by atoms with van der Waals surface area (Å²) in [6.45, 7) is 0. The van der Waals surface area contributed by atoms with Crippen molar-refractivity contribution in [3.8, 4) is 11.1 Å². The number of carbonyl (C=O) groups excluding carboxylic acids is 2. The number of nitrogens with one attached hydrogen (secondary N) is 1. The number of aliphatic carboxylic acids is 1. The molecular formula is C21H18FN3O5. The number of hydrogen-bond donors (Lipinski definition) is 2. The predicted octanol–water partition coefficient (Wildman–Crippen LogP) is 1.75. The highest BCUT2D eigenvalue weighted by atomic mass is 19.1. The SMILES string of the molecule is Cn1c(=O)n(C2CCC(=O)NC2=O)c2ccc(-c3ccc(CC(=O)O)cc3F)cc21. The summed E-state index contributed by atoms with van der Waals surface area (Å²) in [6, 6.07) is 8.36. The zero-order chi connectivity index (χ0) is 21.6. The van der Waals surface area contributed by atoms with Gasteiger partial charge in [-0.25, -0.2) is 9.18 Å². The highest BCUT2D eigenvalue weighted by Crippen LogP contribution is 2.29. The van der Waals surface area contributed by atoms with Gasteiger partial charge in [0.2, 0.25) is 11.8 Å². The van der Waals surface area contributed by atoms with E-state index in [0.717, 1.165) is 0 Å². The van der Waals surface area contributed by atoms with E-state index >= 15 is 0 Å². The molecule has 2 amide bonds. The number of halogens is 1. The van der Waals surface area contributed by atoms with Crippen LogP contribution in [-0.4, -0.2) is 32.0 Å². The van der Waals surface area contributed by atoms with Gasteiger partial charge in [0.25, 0.3) is 0 Å². The van der Waals surface area contributed by atoms with Gasteiger partial charge in [-0.1, -0.05) is 18.2 Å². The lowest BCUT2D eigenvalue weighted by Crippen LogP contribution is -2.44. The van der Waals surface area contributed by atoms with Crippen molar-refractivity contribution in [3.05, 3.63) is 58.3 Å². The van der Waals surface area contributed by atoms with Crippen LogP contribution < -0.4 is 11.0 Å². The molecule has 0 radical (unpaired) electrons. The summed E-state index contributed by atoms with van der Waals surface area (Å²) in [4.78, 5) is 47.3. The van der Waals surface area contributed by atoms with E-state index in [1.54, 1.807) is 31.3 Å². The number of aryl methyl sites for hydroxylation is 1. The molecule has 30 heavy (non-hydrogen) atoms. The van der Waals surface area contributed by atoms with Crippen molar-refractivity contribution in [1.29, 1.82) is 0 Å². The second-order valence-corrected chi connectivity index (χ2v) is 7.27. The van der Waals surface area contributed by atoms with Crippen LogP contribution in [-0.2, 0) is 27.9 Å². The molecule has 0 saturated carbocycles. The number of carbonyl (C=O) groups is 3. The summed E-state index contributed by atoms with van der Waals surface area (Å²) in [5.41, 5.74) is 1.74. The summed E-state index contributed by atoms with van der Waals surface area (Å²) in [6.07, 6.45) is 0.0931. The number of imidazole rings is 1. The van der Waals surface area contributed by atoms with E-state index in [-0.39, 0.29) is 30.7 Å². The second kappa shape index (κ2) is 7.25. The maximum absolute atomic E-state index is 14.6. The number of benzene rings is 2. The first-order valence-corrected chi connectivity index (χ1v) is 9.31. The minimum absolute atomic E-state index is 0.144. The molecule has 1 saturated heterocycles. The smallest absolute Gasteiger partial charge is 0.329 e. The monoisotopic (exact) mass is 411 g/mol. The molecule has 1 aromatic heterocycles. The second-order valence-electron chi connectivity index (χ2n) is 7.27. The van der Waals surface area contributed by atoms with Crippen molar-refractivity contribution < 1.29 is 23.9 Å². The molecular weight excluding hydrogens is 393 g/mol. The molecule has 1 unspecified atom stereocenters. The molecule has 0 bridgehead atoms. The molecule has 0 aliphatic carbocycles. The quantitative estimate of drug-likeness (QED) is 0.636. The van der Waals surface area contributed by atoms with Gasteiger partial charge in [0.1, 0.15) is 11.9 Å². The first-order chi connectivity index (χ1) is 14.3. The predicted molar refractivity (Wildman–Crippen MR) is 105 cm³/mol. The van der Waals surface area contributed by atoms with Gasteiger partial charge < -0.3 is 5.11 Å². The van der Waals surface area contributed by atoms with Crippen LogP contribution in [0.3, 0.4) is 0 Å². The topological polar surface area (TPSA) is 110 Å². The number of carboxylic acid groups (broad SMARTS) is 1. The number of amides is 2. The van der Waals surface area contributed by atoms with Crippen LogP contribution in [0, 0.1) is 5.82 Å². The van der Waals surface area contributed by atoms with Crippen LogP contribution in [0.4, 0.5) is 4.39 Å². The van der Waals surface area contributed by atoms with E-state index in [1.165, 1.54) is 21.3 Å². The van der Waals surface area contributed by atoms with Crippen LogP contribution in [0.5, 0.6) is 0 Å². The summed E-state index contributed by atoms with van der Waals surface area (Å²) < 4.78 is 17.3. The maximum Gasteiger partial charge on any atom is 0.329 e. The number of fused-ring (bicyclic) bond motifs is 1. The van der Waals surface area contributed by atoms with E-state index < -0.39 is 29.4 Å². The molecule has 1 aliphatic rings. The zero-order valence-electron chi connectivity index (χ0n) is 16.0. The Bertz CT molecular complexity index is 1270. The number of rotatable bonds is 4. The Hall–Kier alpha value is -3.75. The Labute approximate surface area is 169 Å². The summed E-state index contributed by atoms with van der Waals surface area (Å²) in [7, 11) is 1.56. The molecule has 4 rings (SSSR count). The lowest BCUT2D eigenvalue weighted by molar-refractivity contribution is -0.137. The Morgan fingerprint density at radius 3 is 2.60 bits per heavy atom. The van der Waals surface area contributed by atoms with Crippen LogP contribution in [0.1, 0.15) is 24.4 Å². The number of hydrogen-bond acceptors (Lipinski definition) is 4. The van der Waals surface area contributed by atoms with Crippen molar-refractivity contribution in [3.63, 3.8) is 0 Å². The third kappa shape index (κ3) is 3.28. The normalized spacial score (nSPS) is 16.7. The lowest BCUT2D eigenvalue weighted by Gasteiger charge is -2.21. The Balaban J connectivity index is 1.79. The number of carboxylic acids is 1. The zero-order valence-corrected chi connectivity index (χ0v) is 16.0. The van der Waals surface area contributed by atoms with Crippen LogP contribution in [0.25, 0.3) is 22.2 Å². The molecule has 2 aromatic carbocycles. The average molecular weight is 411 g/mol. The van der Waals surface area contributed by atoms with Crippen molar-refractivity contribution >= 4 is 28.8 Å². The third-order valence-corrected chi connectivity index (χ3v) is 5.31. The summed E-state index contributed by atoms with van der Waals surface area (Å²) in [5, 5.41) is 11.1. The van der Waals surface area contributed by atoms with Gasteiger partial charge in [0.15, 0.2) is 0 Å². The molecule has 2 heterocycles. The minimum atomic E-state index is -1.05. The van der Waals surface area contributed by atoms with Crippen molar-refractivity contribution in [2.75, 3.05) is 0 Å². The Kier molecular flexibility index (Phi) is 4.73. The first kappa shape index (κ1) is 19.6. The summed E-state index contributed by atoms with van der Waals surface area (Å²) in [5.74, 6) is -2.50. The number of piperidine rings is 1. The number of imide groups is 1. The van der Waals surface area contributed by atoms with Crippen molar-refractivity contribution in [1.82, 2.24) is 14.5 Å². The average Bonchev–Trinajstić information content (AvgIpc) is 2.92. The van der Waals surface area contributed by atoms with Gasteiger partial charge in [0, 0.05) is 19.0 Å². The Morgan fingerprint density at radius 2 is 1.93 bits per heavy atom.